The summed E-state index contributed by atoms with van der Waals surface area (Å²) in [5, 5.41) is 7.59. The molecule has 1 fully saturated rings. The number of anilines is 1. The average molecular weight is 264 g/mol. The molecule has 5 nitrogen and oxygen atoms in total. The highest BCUT2D eigenvalue weighted by molar-refractivity contribution is 5.43. The molecule has 1 saturated heterocycles. The predicted molar refractivity (Wildman–Crippen MR) is 77.7 cm³/mol. The largest absolute Gasteiger partial charge is 0.370 e. The molecule has 0 spiro atoms. The molecule has 0 aromatic carbocycles. The van der Waals surface area contributed by atoms with Gasteiger partial charge in [-0.05, 0) is 32.7 Å². The quantitative estimate of drug-likeness (QED) is 0.869. The molecule has 1 aromatic heterocycles. The van der Waals surface area contributed by atoms with Gasteiger partial charge in [0.2, 0.25) is 0 Å². The first-order chi connectivity index (χ1) is 9.20. The van der Waals surface area contributed by atoms with Crippen LogP contribution in [0.25, 0.3) is 0 Å². The molecule has 1 aliphatic heterocycles. The van der Waals surface area contributed by atoms with Crippen molar-refractivity contribution in [2.24, 2.45) is 0 Å². The molecule has 2 heterocycles. The fraction of sp³-hybridized carbons (Fsp3) is 0.714. The summed E-state index contributed by atoms with van der Waals surface area (Å²) >= 11 is 0. The number of likely N-dealkylation sites (N-methyl/N-ethyl adjacent to an activating group) is 1. The summed E-state index contributed by atoms with van der Waals surface area (Å²) in [7, 11) is 0. The van der Waals surface area contributed by atoms with E-state index in [1.54, 1.807) is 10.7 Å². The van der Waals surface area contributed by atoms with Crippen molar-refractivity contribution >= 4 is 5.69 Å². The van der Waals surface area contributed by atoms with Gasteiger partial charge in [-0.25, -0.2) is 4.68 Å². The average Bonchev–Trinajstić information content (AvgIpc) is 2.42. The Hall–Kier alpha value is -1.36. The van der Waals surface area contributed by atoms with Gasteiger partial charge in [0.15, 0.2) is 0 Å². The van der Waals surface area contributed by atoms with E-state index in [1.807, 2.05) is 6.20 Å². The third-order valence-corrected chi connectivity index (χ3v) is 3.58. The van der Waals surface area contributed by atoms with E-state index in [0.717, 1.165) is 25.3 Å². The summed E-state index contributed by atoms with van der Waals surface area (Å²) in [6, 6.07) is 1.98. The lowest BCUT2D eigenvalue weighted by molar-refractivity contribution is 0.446. The first kappa shape index (κ1) is 14.1. The smallest absolute Gasteiger partial charge is 0.268 e. The Bertz CT molecular complexity index is 451. The SMILES string of the molecule is CCNC(C)Cn1ncc(N2CCCCC2)cc1=O. The molecule has 0 aliphatic carbocycles. The summed E-state index contributed by atoms with van der Waals surface area (Å²) in [6.07, 6.45) is 5.54. The Balaban J connectivity index is 2.06. The third kappa shape index (κ3) is 3.80. The number of piperidine rings is 1. The number of hydrogen-bond acceptors (Lipinski definition) is 4. The van der Waals surface area contributed by atoms with E-state index in [4.69, 9.17) is 0 Å². The van der Waals surface area contributed by atoms with Crippen molar-refractivity contribution in [1.82, 2.24) is 15.1 Å². The molecular formula is C14H24N4O. The minimum atomic E-state index is -0.00664. The molecule has 1 aliphatic rings. The van der Waals surface area contributed by atoms with Gasteiger partial charge in [-0.15, -0.1) is 0 Å². The maximum Gasteiger partial charge on any atom is 0.268 e. The molecule has 1 unspecified atom stereocenters. The van der Waals surface area contributed by atoms with Gasteiger partial charge in [-0.2, -0.15) is 5.10 Å². The maximum absolute atomic E-state index is 12.1. The Morgan fingerprint density at radius 1 is 1.37 bits per heavy atom. The van der Waals surface area contributed by atoms with Crippen LogP contribution in [0.5, 0.6) is 0 Å². The van der Waals surface area contributed by atoms with Crippen LogP contribution in [0.15, 0.2) is 17.1 Å². The Kier molecular flexibility index (Phi) is 4.96. The van der Waals surface area contributed by atoms with E-state index in [2.05, 4.69) is 29.2 Å². The Morgan fingerprint density at radius 3 is 2.74 bits per heavy atom. The van der Waals surface area contributed by atoms with Crippen LogP contribution in [0.1, 0.15) is 33.1 Å². The highest BCUT2D eigenvalue weighted by Gasteiger charge is 2.13. The van der Waals surface area contributed by atoms with Gasteiger partial charge in [0, 0.05) is 25.2 Å². The van der Waals surface area contributed by atoms with Gasteiger partial charge >= 0.3 is 0 Å². The number of aromatic nitrogens is 2. The summed E-state index contributed by atoms with van der Waals surface area (Å²) in [4.78, 5) is 14.3. The maximum atomic E-state index is 12.1. The van der Waals surface area contributed by atoms with Crippen LogP contribution in [0, 0.1) is 0 Å². The molecule has 0 saturated carbocycles. The number of nitrogens with zero attached hydrogens (tertiary/aromatic N) is 3. The van der Waals surface area contributed by atoms with Crippen molar-refractivity contribution in [2.75, 3.05) is 24.5 Å². The van der Waals surface area contributed by atoms with Crippen molar-refractivity contribution in [3.8, 4) is 0 Å². The van der Waals surface area contributed by atoms with E-state index in [1.165, 1.54) is 19.3 Å². The van der Waals surface area contributed by atoms with Gasteiger partial charge in [-0.3, -0.25) is 4.79 Å². The van der Waals surface area contributed by atoms with Crippen molar-refractivity contribution in [3.05, 3.63) is 22.6 Å². The standard InChI is InChI=1S/C14H24N4O/c1-3-15-12(2)11-18-14(19)9-13(10-16-18)17-7-5-4-6-8-17/h9-10,12,15H,3-8,11H2,1-2H3. The molecule has 1 atom stereocenters. The molecule has 0 amide bonds. The monoisotopic (exact) mass is 264 g/mol. The summed E-state index contributed by atoms with van der Waals surface area (Å²) in [6.45, 7) is 7.73. The second-order valence-electron chi connectivity index (χ2n) is 5.24. The Morgan fingerprint density at radius 2 is 2.11 bits per heavy atom. The van der Waals surface area contributed by atoms with Gasteiger partial charge in [0.05, 0.1) is 18.4 Å². The zero-order chi connectivity index (χ0) is 13.7. The van der Waals surface area contributed by atoms with Gasteiger partial charge in [-0.1, -0.05) is 6.92 Å². The summed E-state index contributed by atoms with van der Waals surface area (Å²) in [5.74, 6) is 0. The zero-order valence-electron chi connectivity index (χ0n) is 11.9. The molecule has 5 heteroatoms. The Labute approximate surface area is 114 Å². The molecule has 0 bridgehead atoms. The minimum absolute atomic E-state index is 0.00664. The van der Waals surface area contributed by atoms with E-state index in [-0.39, 0.29) is 11.6 Å². The van der Waals surface area contributed by atoms with E-state index in [0.29, 0.717) is 6.54 Å². The first-order valence-corrected chi connectivity index (χ1v) is 7.26. The fourth-order valence-electron chi connectivity index (χ4n) is 2.56. The van der Waals surface area contributed by atoms with Crippen LogP contribution in [-0.2, 0) is 6.54 Å². The van der Waals surface area contributed by atoms with Crippen LogP contribution in [-0.4, -0.2) is 35.5 Å². The van der Waals surface area contributed by atoms with Gasteiger partial charge in [0.1, 0.15) is 0 Å². The van der Waals surface area contributed by atoms with Crippen molar-refractivity contribution in [3.63, 3.8) is 0 Å². The third-order valence-electron chi connectivity index (χ3n) is 3.58. The van der Waals surface area contributed by atoms with E-state index >= 15 is 0 Å². The molecular weight excluding hydrogens is 240 g/mol. The normalized spacial score (nSPS) is 17.5. The number of rotatable bonds is 5. The van der Waals surface area contributed by atoms with Crippen LogP contribution in [0.3, 0.4) is 0 Å². The highest BCUT2D eigenvalue weighted by atomic mass is 16.1. The molecule has 1 N–H and O–H groups in total. The molecule has 0 radical (unpaired) electrons. The van der Waals surface area contributed by atoms with Crippen molar-refractivity contribution < 1.29 is 0 Å². The number of nitrogens with one attached hydrogen (secondary N) is 1. The second kappa shape index (κ2) is 6.70. The number of hydrogen-bond donors (Lipinski definition) is 1. The van der Waals surface area contributed by atoms with Crippen LogP contribution >= 0.6 is 0 Å². The summed E-state index contributed by atoms with van der Waals surface area (Å²) in [5.41, 5.74) is 0.963. The first-order valence-electron chi connectivity index (χ1n) is 7.26. The molecule has 1 aromatic rings. The second-order valence-corrected chi connectivity index (χ2v) is 5.24. The van der Waals surface area contributed by atoms with Crippen molar-refractivity contribution in [1.29, 1.82) is 0 Å². The summed E-state index contributed by atoms with van der Waals surface area (Å²) < 4.78 is 1.54. The molecule has 106 valence electrons. The molecule has 19 heavy (non-hydrogen) atoms. The highest BCUT2D eigenvalue weighted by Crippen LogP contribution is 2.16. The topological polar surface area (TPSA) is 50.2 Å². The van der Waals surface area contributed by atoms with Crippen LogP contribution < -0.4 is 15.8 Å². The predicted octanol–water partition coefficient (Wildman–Crippen LogP) is 1.23. The minimum Gasteiger partial charge on any atom is -0.370 e. The fourth-order valence-corrected chi connectivity index (χ4v) is 2.56. The lowest BCUT2D eigenvalue weighted by Crippen LogP contribution is -2.36. The van der Waals surface area contributed by atoms with E-state index in [9.17, 15) is 4.79 Å². The van der Waals surface area contributed by atoms with Gasteiger partial charge < -0.3 is 10.2 Å². The van der Waals surface area contributed by atoms with Crippen LogP contribution in [0.2, 0.25) is 0 Å². The van der Waals surface area contributed by atoms with Crippen molar-refractivity contribution in [2.45, 2.75) is 45.7 Å². The molecule has 2 rings (SSSR count). The lowest BCUT2D eigenvalue weighted by Gasteiger charge is -2.28. The van der Waals surface area contributed by atoms with E-state index < -0.39 is 0 Å². The zero-order valence-corrected chi connectivity index (χ0v) is 11.9. The van der Waals surface area contributed by atoms with Gasteiger partial charge in [0.25, 0.3) is 5.56 Å². The lowest BCUT2D eigenvalue weighted by atomic mass is 10.1. The van der Waals surface area contributed by atoms with Crippen LogP contribution in [0.4, 0.5) is 5.69 Å².